The minimum absolute atomic E-state index is 0.00379. The van der Waals surface area contributed by atoms with Gasteiger partial charge < -0.3 is 20.1 Å². The lowest BCUT2D eigenvalue weighted by atomic mass is 10.2. The lowest BCUT2D eigenvalue weighted by molar-refractivity contribution is -0.122. The number of pyridine rings is 1. The van der Waals surface area contributed by atoms with Gasteiger partial charge in [-0.3, -0.25) is 14.6 Å². The number of ether oxygens (including phenoxy) is 2. The Morgan fingerprint density at radius 2 is 2.14 bits per heavy atom. The van der Waals surface area contributed by atoms with Crippen LogP contribution < -0.4 is 20.1 Å². The quantitative estimate of drug-likeness (QED) is 0.530. The first-order valence-electron chi connectivity index (χ1n) is 8.59. The molecule has 0 aliphatic carbocycles. The Balaban J connectivity index is 1.56. The maximum Gasteiger partial charge on any atom is 0.240 e. The highest BCUT2D eigenvalue weighted by molar-refractivity contribution is 8.15. The molecule has 2 N–H and O–H groups in total. The van der Waals surface area contributed by atoms with E-state index >= 15 is 0 Å². The zero-order valence-electron chi connectivity index (χ0n) is 15.8. The second-order valence-corrected chi connectivity index (χ2v) is 7.05. The molecule has 1 unspecified atom stereocenters. The largest absolute Gasteiger partial charge is 0.493 e. The van der Waals surface area contributed by atoms with Crippen LogP contribution in [0.5, 0.6) is 11.5 Å². The van der Waals surface area contributed by atoms with E-state index in [0.29, 0.717) is 22.4 Å². The highest BCUT2D eigenvalue weighted by Gasteiger charge is 2.32. The number of nitrogens with one attached hydrogen (secondary N) is 2. The molecule has 1 aliphatic heterocycles. The molecular formula is C19H19N5O4S. The van der Waals surface area contributed by atoms with Crippen molar-refractivity contribution in [3.63, 3.8) is 0 Å². The van der Waals surface area contributed by atoms with Gasteiger partial charge in [0.1, 0.15) is 5.25 Å². The molecule has 0 bridgehead atoms. The van der Waals surface area contributed by atoms with Crippen molar-refractivity contribution in [2.75, 3.05) is 19.5 Å². The lowest BCUT2D eigenvalue weighted by Gasteiger charge is -2.11. The molecule has 9 nitrogen and oxygen atoms in total. The molecule has 0 saturated carbocycles. The van der Waals surface area contributed by atoms with Gasteiger partial charge in [-0.25, -0.2) is 0 Å². The number of carbonyl (C=O) groups is 2. The van der Waals surface area contributed by atoms with Crippen molar-refractivity contribution in [1.29, 1.82) is 0 Å². The van der Waals surface area contributed by atoms with Crippen LogP contribution in [0.4, 0.5) is 5.69 Å². The van der Waals surface area contributed by atoms with Crippen molar-refractivity contribution < 1.29 is 19.1 Å². The first-order valence-corrected chi connectivity index (χ1v) is 9.47. The number of hydrogen-bond acceptors (Lipinski definition) is 8. The number of aromatic nitrogens is 1. The van der Waals surface area contributed by atoms with E-state index in [0.717, 1.165) is 17.3 Å². The molecular weight excluding hydrogens is 394 g/mol. The molecule has 1 saturated heterocycles. The molecule has 0 spiro atoms. The topological polar surface area (TPSA) is 114 Å². The molecule has 10 heteroatoms. The van der Waals surface area contributed by atoms with Gasteiger partial charge in [-0.2, -0.15) is 5.10 Å². The van der Waals surface area contributed by atoms with E-state index < -0.39 is 5.25 Å². The van der Waals surface area contributed by atoms with Gasteiger partial charge >= 0.3 is 0 Å². The van der Waals surface area contributed by atoms with Crippen LogP contribution in [0.2, 0.25) is 0 Å². The number of benzene rings is 1. The molecule has 0 radical (unpaired) electrons. The van der Waals surface area contributed by atoms with E-state index in [2.05, 4.69) is 25.8 Å². The van der Waals surface area contributed by atoms with Crippen LogP contribution in [0.15, 0.2) is 52.9 Å². The monoisotopic (exact) mass is 413 g/mol. The Morgan fingerprint density at radius 3 is 2.86 bits per heavy atom. The summed E-state index contributed by atoms with van der Waals surface area (Å²) < 4.78 is 10.4. The van der Waals surface area contributed by atoms with Crippen molar-refractivity contribution in [3.05, 3.63) is 48.3 Å². The number of nitrogens with zero attached hydrogens (tertiary/aromatic N) is 3. The number of hydrogen-bond donors (Lipinski definition) is 2. The first-order chi connectivity index (χ1) is 14.1. The number of rotatable bonds is 7. The SMILES string of the molecule is COc1ccc(NC(=O)CC2S/C(=N/N=C/c3cccnc3)NC2=O)cc1OC. The Kier molecular flexibility index (Phi) is 6.80. The number of thioether (sulfide) groups is 1. The van der Waals surface area contributed by atoms with Crippen LogP contribution in [0.3, 0.4) is 0 Å². The number of methoxy groups -OCH3 is 2. The summed E-state index contributed by atoms with van der Waals surface area (Å²) in [5, 5.41) is 13.1. The third kappa shape index (κ3) is 5.55. The van der Waals surface area contributed by atoms with Gasteiger partial charge in [-0.05, 0) is 18.2 Å². The zero-order chi connectivity index (χ0) is 20.6. The molecule has 150 valence electrons. The van der Waals surface area contributed by atoms with Gasteiger partial charge in [0.25, 0.3) is 0 Å². The van der Waals surface area contributed by atoms with Crippen molar-refractivity contribution >= 4 is 40.6 Å². The molecule has 1 aliphatic rings. The summed E-state index contributed by atoms with van der Waals surface area (Å²) in [6, 6.07) is 8.66. The fourth-order valence-corrected chi connectivity index (χ4v) is 3.41. The van der Waals surface area contributed by atoms with E-state index in [9.17, 15) is 9.59 Å². The summed E-state index contributed by atoms with van der Waals surface area (Å²) in [5.41, 5.74) is 1.34. The average molecular weight is 413 g/mol. The van der Waals surface area contributed by atoms with Crippen molar-refractivity contribution in [2.45, 2.75) is 11.7 Å². The molecule has 1 fully saturated rings. The molecule has 3 rings (SSSR count). The average Bonchev–Trinajstić information content (AvgIpc) is 3.07. The maximum atomic E-state index is 12.3. The third-order valence-corrected chi connectivity index (χ3v) is 4.93. The molecule has 1 atom stereocenters. The van der Waals surface area contributed by atoms with Crippen molar-refractivity contribution in [2.24, 2.45) is 10.2 Å². The Bertz CT molecular complexity index is 949. The van der Waals surface area contributed by atoms with Crippen LogP contribution in [-0.4, -0.2) is 47.7 Å². The minimum atomic E-state index is -0.581. The van der Waals surface area contributed by atoms with Crippen LogP contribution in [-0.2, 0) is 9.59 Å². The minimum Gasteiger partial charge on any atom is -0.493 e. The van der Waals surface area contributed by atoms with Gasteiger partial charge in [0.15, 0.2) is 16.7 Å². The van der Waals surface area contributed by atoms with Crippen molar-refractivity contribution in [3.8, 4) is 11.5 Å². The number of amides is 2. The second-order valence-electron chi connectivity index (χ2n) is 5.85. The van der Waals surface area contributed by atoms with Crippen LogP contribution in [0.1, 0.15) is 12.0 Å². The predicted molar refractivity (Wildman–Crippen MR) is 112 cm³/mol. The van der Waals surface area contributed by atoms with E-state index in [1.54, 1.807) is 36.7 Å². The van der Waals surface area contributed by atoms with Crippen LogP contribution >= 0.6 is 11.8 Å². The summed E-state index contributed by atoms with van der Waals surface area (Å²) in [6.45, 7) is 0. The Morgan fingerprint density at radius 1 is 1.31 bits per heavy atom. The number of carbonyl (C=O) groups excluding carboxylic acids is 2. The smallest absolute Gasteiger partial charge is 0.240 e. The van der Waals surface area contributed by atoms with Crippen molar-refractivity contribution in [1.82, 2.24) is 10.3 Å². The van der Waals surface area contributed by atoms with Gasteiger partial charge in [0, 0.05) is 36.1 Å². The van der Waals surface area contributed by atoms with Gasteiger partial charge in [-0.1, -0.05) is 17.8 Å². The first kappa shape index (κ1) is 20.3. The molecule has 2 amide bonds. The summed E-state index contributed by atoms with van der Waals surface area (Å²) >= 11 is 1.16. The fraction of sp³-hybridized carbons (Fsp3) is 0.211. The number of amidine groups is 1. The molecule has 2 aromatic rings. The highest BCUT2D eigenvalue weighted by atomic mass is 32.2. The van der Waals surface area contributed by atoms with Crippen LogP contribution in [0.25, 0.3) is 0 Å². The molecule has 29 heavy (non-hydrogen) atoms. The summed E-state index contributed by atoms with van der Waals surface area (Å²) in [4.78, 5) is 28.4. The summed E-state index contributed by atoms with van der Waals surface area (Å²) in [5.74, 6) is 0.473. The summed E-state index contributed by atoms with van der Waals surface area (Å²) in [6.07, 6.45) is 4.83. The Hall–Kier alpha value is -3.40. The molecule has 1 aromatic carbocycles. The molecule has 2 heterocycles. The van der Waals surface area contributed by atoms with E-state index in [4.69, 9.17) is 9.47 Å². The highest BCUT2D eigenvalue weighted by Crippen LogP contribution is 2.30. The van der Waals surface area contributed by atoms with Gasteiger partial charge in [0.2, 0.25) is 11.8 Å². The van der Waals surface area contributed by atoms with E-state index in [-0.39, 0.29) is 18.2 Å². The van der Waals surface area contributed by atoms with Gasteiger partial charge in [-0.15, -0.1) is 5.10 Å². The van der Waals surface area contributed by atoms with Crippen LogP contribution in [0, 0.1) is 0 Å². The Labute approximate surface area is 171 Å². The zero-order valence-corrected chi connectivity index (χ0v) is 16.6. The standard InChI is InChI=1S/C19H19N5O4S/c1-27-14-6-5-13(8-15(14)28-2)22-17(25)9-16-18(26)23-19(29-16)24-21-11-12-4-3-7-20-10-12/h3-8,10-11,16H,9H2,1-2H3,(H,22,25)(H,23,24,26)/b21-11+. The number of anilines is 1. The third-order valence-electron chi connectivity index (χ3n) is 3.85. The lowest BCUT2D eigenvalue weighted by Crippen LogP contribution is -2.28. The second kappa shape index (κ2) is 9.69. The van der Waals surface area contributed by atoms with E-state index in [1.807, 2.05) is 6.07 Å². The molecule has 1 aromatic heterocycles. The maximum absolute atomic E-state index is 12.3. The summed E-state index contributed by atoms with van der Waals surface area (Å²) in [7, 11) is 3.05. The van der Waals surface area contributed by atoms with E-state index in [1.165, 1.54) is 20.4 Å². The normalized spacial score (nSPS) is 17.4. The predicted octanol–water partition coefficient (Wildman–Crippen LogP) is 2.05. The fourth-order valence-electron chi connectivity index (χ4n) is 2.48. The van der Waals surface area contributed by atoms with Gasteiger partial charge in [0.05, 0.1) is 20.4 Å².